The highest BCUT2D eigenvalue weighted by Gasteiger charge is 2.02. The fraction of sp³-hybridized carbons (Fsp3) is 0.591. The zero-order valence-corrected chi connectivity index (χ0v) is 18.1. The normalized spacial score (nSPS) is 13.5. The Kier molecular flexibility index (Phi) is 16.5. The van der Waals surface area contributed by atoms with Crippen LogP contribution in [0.3, 0.4) is 0 Å². The molecule has 0 aromatic heterocycles. The molecule has 1 aliphatic heterocycles. The molecule has 0 spiro atoms. The van der Waals surface area contributed by atoms with E-state index in [9.17, 15) is 4.79 Å². The topological polar surface area (TPSA) is 91.2 Å². The molecule has 0 atom stereocenters. The Morgan fingerprint density at radius 3 is 2.71 bits per heavy atom. The molecule has 0 saturated carbocycles. The molecule has 0 bridgehead atoms. The van der Waals surface area contributed by atoms with Crippen LogP contribution in [0.15, 0.2) is 48.1 Å². The van der Waals surface area contributed by atoms with E-state index in [1.165, 1.54) is 11.3 Å². The average Bonchev–Trinajstić information content (AvgIpc) is 3.22. The van der Waals surface area contributed by atoms with Gasteiger partial charge in [0.1, 0.15) is 0 Å². The third-order valence-electron chi connectivity index (χ3n) is 4.12. The number of carbonyl (C=O) groups is 1. The number of unbranched alkanes of at least 4 members (excludes halogenated alkanes) is 2. The van der Waals surface area contributed by atoms with Crippen LogP contribution in [0.25, 0.3) is 0 Å². The molecule has 0 aromatic carbocycles. The Labute approximate surface area is 171 Å². The Balaban J connectivity index is 0.00000352. The van der Waals surface area contributed by atoms with E-state index < -0.39 is 0 Å². The predicted octanol–water partition coefficient (Wildman–Crippen LogP) is 3.37. The van der Waals surface area contributed by atoms with E-state index in [-0.39, 0.29) is 12.5 Å². The van der Waals surface area contributed by atoms with Crippen LogP contribution in [0.5, 0.6) is 0 Å². The molecule has 6 heteroatoms. The lowest BCUT2D eigenvalue weighted by molar-refractivity contribution is -0.120. The van der Waals surface area contributed by atoms with Crippen molar-refractivity contribution < 1.29 is 4.79 Å². The van der Waals surface area contributed by atoms with Gasteiger partial charge in [-0.15, -0.1) is 0 Å². The van der Waals surface area contributed by atoms with Crippen molar-refractivity contribution in [2.75, 3.05) is 19.8 Å². The minimum Gasteiger partial charge on any atom is -0.401 e. The van der Waals surface area contributed by atoms with E-state index in [4.69, 9.17) is 5.73 Å². The lowest BCUT2D eigenvalue weighted by Gasteiger charge is -2.07. The highest BCUT2D eigenvalue weighted by molar-refractivity contribution is 5.78. The second kappa shape index (κ2) is 18.0. The van der Waals surface area contributed by atoms with Crippen molar-refractivity contribution in [2.45, 2.75) is 65.7 Å². The van der Waals surface area contributed by atoms with E-state index >= 15 is 0 Å². The maximum Gasteiger partial charge on any atom is 0.239 e. The third-order valence-corrected chi connectivity index (χ3v) is 4.12. The van der Waals surface area contributed by atoms with Gasteiger partial charge >= 0.3 is 0 Å². The van der Waals surface area contributed by atoms with Crippen molar-refractivity contribution in [1.29, 1.82) is 0 Å². The van der Waals surface area contributed by atoms with Crippen LogP contribution < -0.4 is 27.0 Å². The lowest BCUT2D eigenvalue weighted by Crippen LogP contribution is -2.32. The molecular weight excluding hydrogens is 350 g/mol. The highest BCUT2D eigenvalue weighted by atomic mass is 16.1. The van der Waals surface area contributed by atoms with Crippen LogP contribution in [0.2, 0.25) is 0 Å². The number of carbonyl (C=O) groups excluding carboxylic acids is 1. The molecule has 1 amide bonds. The van der Waals surface area contributed by atoms with Gasteiger partial charge in [0.2, 0.25) is 5.91 Å². The second-order valence-corrected chi connectivity index (χ2v) is 6.38. The van der Waals surface area contributed by atoms with E-state index in [1.807, 2.05) is 26.1 Å². The van der Waals surface area contributed by atoms with Gasteiger partial charge in [-0.1, -0.05) is 51.5 Å². The molecule has 1 rings (SSSR count). The Morgan fingerprint density at radius 2 is 2.07 bits per heavy atom. The maximum atomic E-state index is 11.8. The molecule has 160 valence electrons. The van der Waals surface area contributed by atoms with Gasteiger partial charge in [-0.2, -0.15) is 0 Å². The number of amides is 1. The minimum absolute atomic E-state index is 0.0279. The largest absolute Gasteiger partial charge is 0.401 e. The van der Waals surface area contributed by atoms with Crippen LogP contribution in [-0.2, 0) is 4.79 Å². The standard InChI is InChI=1S/C20H35N5O.C2H6/c1-3-8-17(4-2)11-12-24-20(26)15-22-13-18(21)9-6-5-7-10-19-14-23-16-25-19;1-2/h4,8,13-14,22-23,25H,2-3,5-7,9-12,15-16,21H2,1H3,(H,24,26);1-2H3/b17-8+,18-13-;. The van der Waals surface area contributed by atoms with Crippen molar-refractivity contribution in [3.8, 4) is 0 Å². The first-order valence-electron chi connectivity index (χ1n) is 10.6. The summed E-state index contributed by atoms with van der Waals surface area (Å²) in [5, 5.41) is 12.3. The maximum absolute atomic E-state index is 11.8. The van der Waals surface area contributed by atoms with E-state index in [0.29, 0.717) is 6.54 Å². The highest BCUT2D eigenvalue weighted by Crippen LogP contribution is 2.10. The molecule has 0 unspecified atom stereocenters. The molecule has 6 nitrogen and oxygen atoms in total. The summed E-state index contributed by atoms with van der Waals surface area (Å²) in [4.78, 5) is 11.8. The number of nitrogens with two attached hydrogens (primary N) is 1. The van der Waals surface area contributed by atoms with Gasteiger partial charge in [0.15, 0.2) is 0 Å². The molecule has 0 saturated heterocycles. The van der Waals surface area contributed by atoms with E-state index in [1.54, 1.807) is 6.20 Å². The summed E-state index contributed by atoms with van der Waals surface area (Å²) in [6.07, 6.45) is 14.8. The zero-order valence-electron chi connectivity index (χ0n) is 18.1. The fourth-order valence-corrected chi connectivity index (χ4v) is 2.68. The first-order chi connectivity index (χ1) is 13.7. The summed E-state index contributed by atoms with van der Waals surface area (Å²) in [7, 11) is 0. The molecule has 28 heavy (non-hydrogen) atoms. The molecule has 1 heterocycles. The van der Waals surface area contributed by atoms with Crippen molar-refractivity contribution in [2.24, 2.45) is 5.73 Å². The van der Waals surface area contributed by atoms with Crippen LogP contribution in [0.1, 0.15) is 65.7 Å². The SMILES string of the molecule is C=C/C(=C\CC)CCNC(=O)CN/C=C(\N)CCCCCC1=CNCN1.CC. The monoisotopic (exact) mass is 391 g/mol. The summed E-state index contributed by atoms with van der Waals surface area (Å²) in [5.74, 6) is -0.0279. The quantitative estimate of drug-likeness (QED) is 0.231. The van der Waals surface area contributed by atoms with Gasteiger partial charge in [0.25, 0.3) is 0 Å². The molecular formula is C22H41N5O. The second-order valence-electron chi connectivity index (χ2n) is 6.38. The number of hydrogen-bond acceptors (Lipinski definition) is 5. The predicted molar refractivity (Wildman–Crippen MR) is 120 cm³/mol. The molecule has 0 aliphatic carbocycles. The van der Waals surface area contributed by atoms with Gasteiger partial charge in [0, 0.05) is 30.3 Å². The minimum atomic E-state index is -0.0279. The zero-order chi connectivity index (χ0) is 21.0. The number of nitrogens with one attached hydrogen (secondary N) is 4. The lowest BCUT2D eigenvalue weighted by atomic mass is 10.1. The molecule has 0 fully saturated rings. The third kappa shape index (κ3) is 13.8. The Hall–Kier alpha value is -2.37. The number of hydrogen-bond donors (Lipinski definition) is 5. The first-order valence-corrected chi connectivity index (χ1v) is 10.6. The smallest absolute Gasteiger partial charge is 0.239 e. The molecule has 0 aromatic rings. The Bertz CT molecular complexity index is 523. The van der Waals surface area contributed by atoms with E-state index in [0.717, 1.165) is 57.3 Å². The van der Waals surface area contributed by atoms with Crippen molar-refractivity contribution in [3.63, 3.8) is 0 Å². The summed E-state index contributed by atoms with van der Waals surface area (Å²) in [6, 6.07) is 0. The summed E-state index contributed by atoms with van der Waals surface area (Å²) in [5.41, 5.74) is 9.21. The van der Waals surface area contributed by atoms with Crippen LogP contribution in [-0.4, -0.2) is 25.7 Å². The van der Waals surface area contributed by atoms with Crippen molar-refractivity contribution in [1.82, 2.24) is 21.3 Å². The molecule has 6 N–H and O–H groups in total. The van der Waals surface area contributed by atoms with Gasteiger partial charge in [-0.3, -0.25) is 4.79 Å². The molecule has 1 aliphatic rings. The van der Waals surface area contributed by atoms with Crippen molar-refractivity contribution >= 4 is 5.91 Å². The van der Waals surface area contributed by atoms with Gasteiger partial charge < -0.3 is 27.0 Å². The summed E-state index contributed by atoms with van der Waals surface area (Å²) in [6.45, 7) is 11.6. The Morgan fingerprint density at radius 1 is 1.29 bits per heavy atom. The van der Waals surface area contributed by atoms with E-state index in [2.05, 4.69) is 40.8 Å². The number of allylic oxidation sites excluding steroid dienone is 4. The van der Waals surface area contributed by atoms with Crippen LogP contribution in [0, 0.1) is 0 Å². The van der Waals surface area contributed by atoms with Gasteiger partial charge in [-0.25, -0.2) is 0 Å². The van der Waals surface area contributed by atoms with Crippen LogP contribution in [0.4, 0.5) is 0 Å². The molecule has 0 radical (unpaired) electrons. The summed E-state index contributed by atoms with van der Waals surface area (Å²) >= 11 is 0. The van der Waals surface area contributed by atoms with Crippen LogP contribution >= 0.6 is 0 Å². The van der Waals surface area contributed by atoms with Gasteiger partial charge in [-0.05, 0) is 38.5 Å². The number of rotatable bonds is 14. The summed E-state index contributed by atoms with van der Waals surface area (Å²) < 4.78 is 0. The van der Waals surface area contributed by atoms with Gasteiger partial charge in [0.05, 0.1) is 13.2 Å². The fourth-order valence-electron chi connectivity index (χ4n) is 2.68. The van der Waals surface area contributed by atoms with Crippen molar-refractivity contribution in [3.05, 3.63) is 48.1 Å². The first kappa shape index (κ1) is 25.6. The average molecular weight is 392 g/mol.